The van der Waals surface area contributed by atoms with E-state index in [1.807, 2.05) is 0 Å². The number of halogens is 2. The van der Waals surface area contributed by atoms with Crippen LogP contribution in [-0.4, -0.2) is 26.0 Å². The zero-order valence-electron chi connectivity index (χ0n) is 7.78. The monoisotopic (exact) mass is 251 g/mol. The summed E-state index contributed by atoms with van der Waals surface area (Å²) in [5.41, 5.74) is 0. The fourth-order valence-electron chi connectivity index (χ4n) is 0.924. The average Bonchev–Trinajstić information content (AvgIpc) is 2.13. The Morgan fingerprint density at radius 1 is 1.25 bits per heavy atom. The number of aliphatic carboxylic acids is 1. The van der Waals surface area contributed by atoms with Crippen LogP contribution in [-0.2, 0) is 14.8 Å². The molecular formula is C8H7F2NO4S. The van der Waals surface area contributed by atoms with Gasteiger partial charge in [-0.05, 0) is 12.1 Å². The zero-order valence-corrected chi connectivity index (χ0v) is 8.59. The Bertz CT molecular complexity index is 495. The summed E-state index contributed by atoms with van der Waals surface area (Å²) in [4.78, 5) is 9.48. The van der Waals surface area contributed by atoms with E-state index in [0.29, 0.717) is 18.2 Å². The van der Waals surface area contributed by atoms with Crippen molar-refractivity contribution in [2.75, 3.05) is 6.54 Å². The van der Waals surface area contributed by atoms with E-state index in [0.717, 1.165) is 0 Å². The molecule has 0 radical (unpaired) electrons. The van der Waals surface area contributed by atoms with E-state index in [4.69, 9.17) is 5.11 Å². The van der Waals surface area contributed by atoms with Crippen molar-refractivity contribution in [1.82, 2.24) is 4.72 Å². The number of rotatable bonds is 4. The van der Waals surface area contributed by atoms with E-state index < -0.39 is 39.1 Å². The Labute approximate surface area is 89.8 Å². The molecule has 1 aromatic carbocycles. The summed E-state index contributed by atoms with van der Waals surface area (Å²) in [5.74, 6) is -3.52. The van der Waals surface area contributed by atoms with Crippen molar-refractivity contribution in [1.29, 1.82) is 0 Å². The maximum atomic E-state index is 12.7. The lowest BCUT2D eigenvalue weighted by Crippen LogP contribution is -2.29. The van der Waals surface area contributed by atoms with Crippen molar-refractivity contribution in [3.05, 3.63) is 29.8 Å². The molecular weight excluding hydrogens is 244 g/mol. The van der Waals surface area contributed by atoms with Gasteiger partial charge in [-0.25, -0.2) is 17.2 Å². The topological polar surface area (TPSA) is 83.5 Å². The fourth-order valence-corrected chi connectivity index (χ4v) is 1.94. The minimum absolute atomic E-state index is 0.510. The lowest BCUT2D eigenvalue weighted by Gasteiger charge is -2.04. The first-order valence-electron chi connectivity index (χ1n) is 3.99. The van der Waals surface area contributed by atoms with E-state index in [9.17, 15) is 22.0 Å². The summed E-state index contributed by atoms with van der Waals surface area (Å²) in [6, 6.07) is 1.69. The van der Waals surface area contributed by atoms with Crippen LogP contribution in [0.1, 0.15) is 0 Å². The predicted octanol–water partition coefficient (Wildman–Crippen LogP) is 0.328. The molecule has 2 N–H and O–H groups in total. The number of sulfonamides is 1. The van der Waals surface area contributed by atoms with E-state index in [2.05, 4.69) is 0 Å². The molecule has 0 heterocycles. The average molecular weight is 251 g/mol. The van der Waals surface area contributed by atoms with Gasteiger partial charge >= 0.3 is 5.97 Å². The van der Waals surface area contributed by atoms with Crippen LogP contribution in [0.25, 0.3) is 0 Å². The molecule has 0 saturated heterocycles. The van der Waals surface area contributed by atoms with Crippen molar-refractivity contribution in [3.63, 3.8) is 0 Å². The molecule has 0 aromatic heterocycles. The Balaban J connectivity index is 3.02. The van der Waals surface area contributed by atoms with Gasteiger partial charge in [-0.2, -0.15) is 4.72 Å². The first-order valence-corrected chi connectivity index (χ1v) is 5.47. The van der Waals surface area contributed by atoms with Crippen LogP contribution in [0.5, 0.6) is 0 Å². The minimum Gasteiger partial charge on any atom is -0.480 e. The molecule has 8 heteroatoms. The number of benzene rings is 1. The molecule has 0 spiro atoms. The lowest BCUT2D eigenvalue weighted by molar-refractivity contribution is -0.135. The normalized spacial score (nSPS) is 11.4. The maximum Gasteiger partial charge on any atom is 0.318 e. The van der Waals surface area contributed by atoms with Crippen LogP contribution in [0.3, 0.4) is 0 Å². The maximum absolute atomic E-state index is 12.7. The lowest BCUT2D eigenvalue weighted by atomic mass is 10.3. The highest BCUT2D eigenvalue weighted by Crippen LogP contribution is 2.12. The third-order valence-electron chi connectivity index (χ3n) is 1.56. The van der Waals surface area contributed by atoms with Gasteiger partial charge in [0.15, 0.2) is 0 Å². The third-order valence-corrected chi connectivity index (χ3v) is 2.94. The standard InChI is InChI=1S/C8H7F2NO4S/c9-5-1-6(10)3-7(2-5)16(14,15)11-4-8(12)13/h1-3,11H,4H2,(H,12,13). The number of carbonyl (C=O) groups is 1. The van der Waals surface area contributed by atoms with Gasteiger partial charge in [-0.15, -0.1) is 0 Å². The molecule has 1 rings (SSSR count). The first-order chi connectivity index (χ1) is 7.31. The molecule has 0 saturated carbocycles. The highest BCUT2D eigenvalue weighted by atomic mass is 32.2. The van der Waals surface area contributed by atoms with Crippen molar-refractivity contribution in [2.24, 2.45) is 0 Å². The van der Waals surface area contributed by atoms with E-state index in [1.165, 1.54) is 0 Å². The van der Waals surface area contributed by atoms with Gasteiger partial charge in [-0.3, -0.25) is 4.79 Å². The van der Waals surface area contributed by atoms with Gasteiger partial charge in [0, 0.05) is 6.07 Å². The summed E-state index contributed by atoms with van der Waals surface area (Å²) < 4.78 is 49.8. The molecule has 16 heavy (non-hydrogen) atoms. The second kappa shape index (κ2) is 4.54. The van der Waals surface area contributed by atoms with Crippen LogP contribution in [0.4, 0.5) is 8.78 Å². The van der Waals surface area contributed by atoms with Crippen molar-refractivity contribution in [3.8, 4) is 0 Å². The summed E-state index contributed by atoms with van der Waals surface area (Å²) in [5, 5.41) is 8.26. The summed E-state index contributed by atoms with van der Waals surface area (Å²) in [6.07, 6.45) is 0. The van der Waals surface area contributed by atoms with Crippen LogP contribution in [0.15, 0.2) is 23.1 Å². The fraction of sp³-hybridized carbons (Fsp3) is 0.125. The number of hydrogen-bond acceptors (Lipinski definition) is 3. The first kappa shape index (κ1) is 12.5. The van der Waals surface area contributed by atoms with Gasteiger partial charge in [-0.1, -0.05) is 0 Å². The second-order valence-corrected chi connectivity index (χ2v) is 4.59. The van der Waals surface area contributed by atoms with Gasteiger partial charge in [0.2, 0.25) is 10.0 Å². The minimum atomic E-state index is -4.21. The summed E-state index contributed by atoms with van der Waals surface area (Å²) >= 11 is 0. The van der Waals surface area contributed by atoms with Crippen molar-refractivity contribution >= 4 is 16.0 Å². The zero-order chi connectivity index (χ0) is 12.3. The molecule has 0 bridgehead atoms. The summed E-state index contributed by atoms with van der Waals surface area (Å²) in [7, 11) is -4.21. The van der Waals surface area contributed by atoms with Gasteiger partial charge in [0.05, 0.1) is 4.90 Å². The predicted molar refractivity (Wildman–Crippen MR) is 49.2 cm³/mol. The van der Waals surface area contributed by atoms with Crippen molar-refractivity contribution < 1.29 is 27.1 Å². The Morgan fingerprint density at radius 2 is 1.75 bits per heavy atom. The quantitative estimate of drug-likeness (QED) is 0.807. The van der Waals surface area contributed by atoms with Gasteiger partial charge in [0.1, 0.15) is 18.2 Å². The van der Waals surface area contributed by atoms with Crippen LogP contribution < -0.4 is 4.72 Å². The molecule has 0 aliphatic carbocycles. The van der Waals surface area contributed by atoms with Crippen LogP contribution in [0, 0.1) is 11.6 Å². The van der Waals surface area contributed by atoms with E-state index in [1.54, 1.807) is 4.72 Å². The molecule has 1 aromatic rings. The number of nitrogens with one attached hydrogen (secondary N) is 1. The van der Waals surface area contributed by atoms with Crippen LogP contribution in [0.2, 0.25) is 0 Å². The molecule has 0 aliphatic rings. The van der Waals surface area contributed by atoms with Gasteiger partial charge < -0.3 is 5.11 Å². The molecule has 0 aliphatic heterocycles. The Hall–Kier alpha value is -1.54. The largest absolute Gasteiger partial charge is 0.480 e. The Morgan fingerprint density at radius 3 is 2.19 bits per heavy atom. The van der Waals surface area contributed by atoms with Crippen LogP contribution >= 0.6 is 0 Å². The molecule has 88 valence electrons. The molecule has 0 fully saturated rings. The molecule has 0 amide bonds. The smallest absolute Gasteiger partial charge is 0.318 e. The van der Waals surface area contributed by atoms with E-state index >= 15 is 0 Å². The SMILES string of the molecule is O=C(O)CNS(=O)(=O)c1cc(F)cc(F)c1. The number of carboxylic acids is 1. The molecule has 5 nitrogen and oxygen atoms in total. The highest BCUT2D eigenvalue weighted by Gasteiger charge is 2.17. The number of carboxylic acid groups (broad SMARTS) is 1. The van der Waals surface area contributed by atoms with Crippen molar-refractivity contribution in [2.45, 2.75) is 4.90 Å². The van der Waals surface area contributed by atoms with E-state index in [-0.39, 0.29) is 0 Å². The molecule has 0 unspecified atom stereocenters. The summed E-state index contributed by atoms with van der Waals surface area (Å²) in [6.45, 7) is -0.861. The third kappa shape index (κ3) is 3.24. The molecule has 0 atom stereocenters. The van der Waals surface area contributed by atoms with Gasteiger partial charge in [0.25, 0.3) is 0 Å². The highest BCUT2D eigenvalue weighted by molar-refractivity contribution is 7.89. The Kier molecular flexibility index (Phi) is 3.55. The second-order valence-electron chi connectivity index (χ2n) is 2.82. The number of hydrogen-bond donors (Lipinski definition) is 2.